The van der Waals surface area contributed by atoms with E-state index in [9.17, 15) is 4.79 Å². The SMILES string of the molecule is COc1cccc(-c2nc3cc(NC(=S)NC(=O)c4cccc(C)c4)ccc3o2)c1. The first-order valence-electron chi connectivity index (χ1n) is 9.26. The zero-order valence-corrected chi connectivity index (χ0v) is 17.2. The number of amides is 1. The van der Waals surface area contributed by atoms with Crippen LogP contribution in [-0.4, -0.2) is 23.1 Å². The molecule has 7 heteroatoms. The average Bonchev–Trinajstić information content (AvgIpc) is 3.17. The molecule has 0 unspecified atom stereocenters. The van der Waals surface area contributed by atoms with Crippen molar-refractivity contribution in [2.75, 3.05) is 12.4 Å². The van der Waals surface area contributed by atoms with Gasteiger partial charge in [0.15, 0.2) is 10.7 Å². The fourth-order valence-electron chi connectivity index (χ4n) is 3.01. The van der Waals surface area contributed by atoms with Crippen molar-refractivity contribution in [3.8, 4) is 17.2 Å². The number of carbonyl (C=O) groups is 1. The molecule has 0 fully saturated rings. The van der Waals surface area contributed by atoms with Crippen LogP contribution >= 0.6 is 12.2 Å². The molecule has 2 N–H and O–H groups in total. The number of ether oxygens (including phenoxy) is 1. The molecule has 0 atom stereocenters. The standard InChI is InChI=1S/C23H19N3O3S/c1-14-5-3-6-15(11-14)21(27)26-23(30)24-17-9-10-20-19(13-17)25-22(29-20)16-7-4-8-18(12-16)28-2/h3-13H,1-2H3,(H2,24,26,27,30). The Kier molecular flexibility index (Phi) is 5.45. The van der Waals surface area contributed by atoms with Gasteiger partial charge in [-0.25, -0.2) is 4.98 Å². The number of benzene rings is 3. The van der Waals surface area contributed by atoms with E-state index in [1.54, 1.807) is 25.3 Å². The summed E-state index contributed by atoms with van der Waals surface area (Å²) >= 11 is 5.28. The van der Waals surface area contributed by atoms with E-state index >= 15 is 0 Å². The first kappa shape index (κ1) is 19.6. The third-order valence-corrected chi connectivity index (χ3v) is 4.67. The van der Waals surface area contributed by atoms with Crippen molar-refractivity contribution in [2.45, 2.75) is 6.92 Å². The van der Waals surface area contributed by atoms with Crippen molar-refractivity contribution in [3.05, 3.63) is 77.9 Å². The number of methoxy groups -OCH3 is 1. The minimum Gasteiger partial charge on any atom is -0.497 e. The van der Waals surface area contributed by atoms with Gasteiger partial charge in [0.1, 0.15) is 11.3 Å². The van der Waals surface area contributed by atoms with Crippen LogP contribution < -0.4 is 15.4 Å². The lowest BCUT2D eigenvalue weighted by molar-refractivity contribution is 0.0977. The maximum Gasteiger partial charge on any atom is 0.257 e. The topological polar surface area (TPSA) is 76.4 Å². The van der Waals surface area contributed by atoms with Crippen molar-refractivity contribution < 1.29 is 13.9 Å². The zero-order chi connectivity index (χ0) is 21.1. The van der Waals surface area contributed by atoms with E-state index in [1.165, 1.54) is 0 Å². The zero-order valence-electron chi connectivity index (χ0n) is 16.4. The Morgan fingerprint density at radius 2 is 1.90 bits per heavy atom. The van der Waals surface area contributed by atoms with Gasteiger partial charge >= 0.3 is 0 Å². The highest BCUT2D eigenvalue weighted by Gasteiger charge is 2.11. The summed E-state index contributed by atoms with van der Waals surface area (Å²) in [4.78, 5) is 16.9. The van der Waals surface area contributed by atoms with Crippen LogP contribution in [0.3, 0.4) is 0 Å². The molecule has 1 amide bonds. The number of nitrogens with zero attached hydrogens (tertiary/aromatic N) is 1. The van der Waals surface area contributed by atoms with Gasteiger partial charge in [-0.3, -0.25) is 10.1 Å². The van der Waals surface area contributed by atoms with Crippen molar-refractivity contribution in [2.24, 2.45) is 0 Å². The summed E-state index contributed by atoms with van der Waals surface area (Å²) in [5, 5.41) is 5.91. The second kappa shape index (κ2) is 8.34. The molecule has 0 spiro atoms. The monoisotopic (exact) mass is 417 g/mol. The van der Waals surface area contributed by atoms with E-state index in [1.807, 2.05) is 55.5 Å². The molecule has 30 heavy (non-hydrogen) atoms. The number of fused-ring (bicyclic) bond motifs is 1. The van der Waals surface area contributed by atoms with Gasteiger partial charge in [0.2, 0.25) is 5.89 Å². The molecule has 0 aliphatic rings. The number of thiocarbonyl (C=S) groups is 1. The highest BCUT2D eigenvalue weighted by Crippen LogP contribution is 2.28. The quantitative estimate of drug-likeness (QED) is 0.458. The maximum atomic E-state index is 12.3. The molecule has 150 valence electrons. The first-order chi connectivity index (χ1) is 14.5. The van der Waals surface area contributed by atoms with Crippen LogP contribution in [-0.2, 0) is 0 Å². The predicted octanol–water partition coefficient (Wildman–Crippen LogP) is 4.94. The summed E-state index contributed by atoms with van der Waals surface area (Å²) in [6.45, 7) is 1.93. The van der Waals surface area contributed by atoms with Crippen molar-refractivity contribution in [1.82, 2.24) is 10.3 Å². The van der Waals surface area contributed by atoms with Crippen LogP contribution in [0.25, 0.3) is 22.6 Å². The minimum absolute atomic E-state index is 0.206. The summed E-state index contributed by atoms with van der Waals surface area (Å²) in [7, 11) is 1.61. The second-order valence-corrected chi connectivity index (χ2v) is 7.12. The normalized spacial score (nSPS) is 10.6. The molecule has 0 saturated carbocycles. The fraction of sp³-hybridized carbons (Fsp3) is 0.0870. The predicted molar refractivity (Wildman–Crippen MR) is 121 cm³/mol. The molecular weight excluding hydrogens is 398 g/mol. The van der Waals surface area contributed by atoms with Crippen LogP contribution in [0, 0.1) is 6.92 Å². The lowest BCUT2D eigenvalue weighted by atomic mass is 10.1. The third-order valence-electron chi connectivity index (χ3n) is 4.47. The van der Waals surface area contributed by atoms with Crippen LogP contribution in [0.15, 0.2) is 71.1 Å². The Labute approximate surface area is 178 Å². The number of anilines is 1. The van der Waals surface area contributed by atoms with E-state index in [4.69, 9.17) is 21.4 Å². The Balaban J connectivity index is 1.49. The number of oxazole rings is 1. The number of carbonyl (C=O) groups excluding carboxylic acids is 1. The fourth-order valence-corrected chi connectivity index (χ4v) is 3.22. The Morgan fingerprint density at radius 3 is 2.70 bits per heavy atom. The van der Waals surface area contributed by atoms with E-state index in [-0.39, 0.29) is 11.0 Å². The number of aryl methyl sites for hydroxylation is 1. The number of hydrogen-bond donors (Lipinski definition) is 2. The molecule has 0 radical (unpaired) electrons. The molecule has 0 aliphatic heterocycles. The summed E-state index contributed by atoms with van der Waals surface area (Å²) in [5.41, 5.74) is 4.39. The van der Waals surface area contributed by atoms with Gasteiger partial charge in [-0.05, 0) is 67.7 Å². The molecule has 0 bridgehead atoms. The van der Waals surface area contributed by atoms with Crippen molar-refractivity contribution >= 4 is 40.0 Å². The van der Waals surface area contributed by atoms with Crippen LogP contribution in [0.2, 0.25) is 0 Å². The van der Waals surface area contributed by atoms with Gasteiger partial charge in [-0.1, -0.05) is 23.8 Å². The van der Waals surface area contributed by atoms with Gasteiger partial charge in [-0.2, -0.15) is 0 Å². The highest BCUT2D eigenvalue weighted by molar-refractivity contribution is 7.80. The molecule has 6 nitrogen and oxygen atoms in total. The van der Waals surface area contributed by atoms with E-state index in [0.717, 1.165) is 16.9 Å². The Bertz CT molecular complexity index is 1250. The highest BCUT2D eigenvalue weighted by atomic mass is 32.1. The van der Waals surface area contributed by atoms with Crippen molar-refractivity contribution in [1.29, 1.82) is 0 Å². The van der Waals surface area contributed by atoms with Crippen molar-refractivity contribution in [3.63, 3.8) is 0 Å². The minimum atomic E-state index is -0.265. The lowest BCUT2D eigenvalue weighted by Gasteiger charge is -2.09. The van der Waals surface area contributed by atoms with Gasteiger partial charge in [0, 0.05) is 16.8 Å². The molecule has 4 rings (SSSR count). The molecule has 0 saturated heterocycles. The van der Waals surface area contributed by atoms with Crippen LogP contribution in [0.4, 0.5) is 5.69 Å². The van der Waals surface area contributed by atoms with Gasteiger partial charge in [0.05, 0.1) is 7.11 Å². The van der Waals surface area contributed by atoms with Gasteiger partial charge in [0.25, 0.3) is 5.91 Å². The third kappa shape index (κ3) is 4.31. The van der Waals surface area contributed by atoms with Crippen LogP contribution in [0.5, 0.6) is 5.75 Å². The largest absolute Gasteiger partial charge is 0.497 e. The number of aromatic nitrogens is 1. The van der Waals surface area contributed by atoms with Gasteiger partial charge in [-0.15, -0.1) is 0 Å². The molecule has 0 aliphatic carbocycles. The van der Waals surface area contributed by atoms with Crippen LogP contribution in [0.1, 0.15) is 15.9 Å². The Hall–Kier alpha value is -3.71. The first-order valence-corrected chi connectivity index (χ1v) is 9.67. The van der Waals surface area contributed by atoms with E-state index in [2.05, 4.69) is 15.6 Å². The molecule has 3 aromatic carbocycles. The lowest BCUT2D eigenvalue weighted by Crippen LogP contribution is -2.34. The molecule has 1 aromatic heterocycles. The van der Waals surface area contributed by atoms with Gasteiger partial charge < -0.3 is 14.5 Å². The second-order valence-electron chi connectivity index (χ2n) is 6.71. The molecule has 4 aromatic rings. The molecular formula is C23H19N3O3S. The number of hydrogen-bond acceptors (Lipinski definition) is 5. The smallest absolute Gasteiger partial charge is 0.257 e. The number of nitrogens with one attached hydrogen (secondary N) is 2. The summed E-state index contributed by atoms with van der Waals surface area (Å²) in [6, 6.07) is 20.3. The average molecular weight is 417 g/mol. The summed E-state index contributed by atoms with van der Waals surface area (Å²) < 4.78 is 11.1. The summed E-state index contributed by atoms with van der Waals surface area (Å²) in [6.07, 6.45) is 0. The summed E-state index contributed by atoms with van der Waals surface area (Å²) in [5.74, 6) is 0.960. The van der Waals surface area contributed by atoms with E-state index in [0.29, 0.717) is 28.2 Å². The Morgan fingerprint density at radius 1 is 1.07 bits per heavy atom. The number of rotatable bonds is 4. The maximum absolute atomic E-state index is 12.3. The molecule has 1 heterocycles. The van der Waals surface area contributed by atoms with E-state index < -0.39 is 0 Å².